The summed E-state index contributed by atoms with van der Waals surface area (Å²) in [7, 11) is -4.00. The largest absolute Gasteiger partial charge is 0.416 e. The van der Waals surface area contributed by atoms with Crippen molar-refractivity contribution >= 4 is 27.8 Å². The minimum absolute atomic E-state index is 0.268. The van der Waals surface area contributed by atoms with Gasteiger partial charge in [-0.25, -0.2) is 13.8 Å². The number of aryl methyl sites for hydroxylation is 1. The van der Waals surface area contributed by atoms with E-state index in [9.17, 15) is 26.4 Å². The van der Waals surface area contributed by atoms with E-state index in [-0.39, 0.29) is 5.69 Å². The van der Waals surface area contributed by atoms with E-state index in [0.29, 0.717) is 10.4 Å². The van der Waals surface area contributed by atoms with Crippen molar-refractivity contribution in [1.29, 1.82) is 0 Å². The van der Waals surface area contributed by atoms with Crippen LogP contribution in [0.4, 0.5) is 18.9 Å². The minimum Gasteiger partial charge on any atom is -0.271 e. The van der Waals surface area contributed by atoms with Gasteiger partial charge in [0.15, 0.2) is 0 Å². The van der Waals surface area contributed by atoms with Crippen molar-refractivity contribution in [2.45, 2.75) is 13.1 Å². The molecule has 0 spiro atoms. The van der Waals surface area contributed by atoms with Gasteiger partial charge in [0.25, 0.3) is 5.91 Å². The highest BCUT2D eigenvalue weighted by Crippen LogP contribution is 2.32. The summed E-state index contributed by atoms with van der Waals surface area (Å²) >= 11 is 0. The Labute approximate surface area is 160 Å². The highest BCUT2D eigenvalue weighted by atomic mass is 32.2. The summed E-state index contributed by atoms with van der Waals surface area (Å²) in [6.45, 7) is 1.17. The van der Waals surface area contributed by atoms with Crippen LogP contribution in [-0.4, -0.2) is 33.3 Å². The molecule has 0 unspecified atom stereocenters. The molecule has 0 aliphatic rings. The normalized spacial score (nSPS) is 12.2. The van der Waals surface area contributed by atoms with Crippen molar-refractivity contribution in [3.05, 3.63) is 65.2 Å². The highest BCUT2D eigenvalue weighted by Gasteiger charge is 2.31. The van der Waals surface area contributed by atoms with Crippen molar-refractivity contribution in [3.63, 3.8) is 0 Å². The maximum absolute atomic E-state index is 12.9. The van der Waals surface area contributed by atoms with Crippen LogP contribution in [0.15, 0.2) is 53.6 Å². The van der Waals surface area contributed by atoms with E-state index in [1.165, 1.54) is 12.3 Å². The van der Waals surface area contributed by atoms with E-state index in [4.69, 9.17) is 0 Å². The summed E-state index contributed by atoms with van der Waals surface area (Å²) in [5, 5.41) is 3.74. The van der Waals surface area contributed by atoms with Gasteiger partial charge < -0.3 is 0 Å². The van der Waals surface area contributed by atoms with E-state index in [1.807, 2.05) is 19.1 Å². The Morgan fingerprint density at radius 1 is 1.18 bits per heavy atom. The molecule has 0 fully saturated rings. The molecule has 0 saturated carbocycles. The molecule has 6 nitrogen and oxygen atoms in total. The van der Waals surface area contributed by atoms with Gasteiger partial charge in [0, 0.05) is 0 Å². The van der Waals surface area contributed by atoms with Gasteiger partial charge in [-0.05, 0) is 30.7 Å². The molecule has 0 saturated heterocycles. The Kier molecular flexibility index (Phi) is 6.45. The Hall–Kier alpha value is -2.88. The molecule has 28 heavy (non-hydrogen) atoms. The molecule has 2 rings (SSSR count). The van der Waals surface area contributed by atoms with Crippen molar-refractivity contribution in [2.24, 2.45) is 5.10 Å². The van der Waals surface area contributed by atoms with Gasteiger partial charge >= 0.3 is 6.18 Å². The number of anilines is 1. The van der Waals surface area contributed by atoms with Crippen LogP contribution in [0.2, 0.25) is 0 Å². The average molecular weight is 413 g/mol. The number of amides is 1. The number of nitrogens with zero attached hydrogens (tertiary/aromatic N) is 2. The van der Waals surface area contributed by atoms with Crippen LogP contribution in [-0.2, 0) is 21.0 Å². The van der Waals surface area contributed by atoms with Gasteiger partial charge in [0.1, 0.15) is 6.54 Å². The SMILES string of the molecule is Cc1cccc(/C=N\NC(=O)CN(c2cccc(C(F)(F)F)c2)S(C)(=O)=O)c1. The first-order valence-corrected chi connectivity index (χ1v) is 9.85. The number of rotatable bonds is 6. The molecule has 10 heteroatoms. The lowest BCUT2D eigenvalue weighted by molar-refractivity contribution is -0.137. The minimum atomic E-state index is -4.64. The van der Waals surface area contributed by atoms with Crippen molar-refractivity contribution in [3.8, 4) is 0 Å². The lowest BCUT2D eigenvalue weighted by Gasteiger charge is -2.22. The van der Waals surface area contributed by atoms with Gasteiger partial charge in [-0.3, -0.25) is 9.10 Å². The lowest BCUT2D eigenvalue weighted by atomic mass is 10.2. The summed E-state index contributed by atoms with van der Waals surface area (Å²) in [6.07, 6.45) is -2.46. The number of carbonyl (C=O) groups excluding carboxylic acids is 1. The predicted molar refractivity (Wildman–Crippen MR) is 101 cm³/mol. The van der Waals surface area contributed by atoms with Gasteiger partial charge in [-0.2, -0.15) is 18.3 Å². The monoisotopic (exact) mass is 413 g/mol. The highest BCUT2D eigenvalue weighted by molar-refractivity contribution is 7.92. The van der Waals surface area contributed by atoms with E-state index in [1.54, 1.807) is 12.1 Å². The zero-order valence-electron chi connectivity index (χ0n) is 15.1. The van der Waals surface area contributed by atoms with Crippen molar-refractivity contribution in [1.82, 2.24) is 5.43 Å². The molecule has 0 aliphatic carbocycles. The molecular formula is C18H18F3N3O3S. The first kappa shape index (κ1) is 21.4. The number of hydrogen-bond donors (Lipinski definition) is 1. The fraction of sp³-hybridized carbons (Fsp3) is 0.222. The first-order chi connectivity index (χ1) is 13.0. The Balaban J connectivity index is 2.16. The average Bonchev–Trinajstić information content (AvgIpc) is 2.58. The van der Waals surface area contributed by atoms with E-state index in [2.05, 4.69) is 10.5 Å². The quantitative estimate of drug-likeness (QED) is 0.584. The van der Waals surface area contributed by atoms with Crippen LogP contribution in [0.1, 0.15) is 16.7 Å². The Morgan fingerprint density at radius 2 is 1.86 bits per heavy atom. The van der Waals surface area contributed by atoms with E-state index in [0.717, 1.165) is 29.5 Å². The fourth-order valence-electron chi connectivity index (χ4n) is 2.33. The van der Waals surface area contributed by atoms with Crippen molar-refractivity contribution in [2.75, 3.05) is 17.1 Å². The standard InChI is InChI=1S/C18H18F3N3O3S/c1-13-5-3-6-14(9-13)11-22-23-17(25)12-24(28(2,26)27)16-8-4-7-15(10-16)18(19,20)21/h3-11H,12H2,1-2H3,(H,23,25)/b22-11-. The first-order valence-electron chi connectivity index (χ1n) is 8.00. The molecule has 2 aromatic carbocycles. The van der Waals surface area contributed by atoms with Gasteiger partial charge in [-0.15, -0.1) is 0 Å². The molecule has 1 amide bonds. The number of hydrogen-bond acceptors (Lipinski definition) is 4. The van der Waals surface area contributed by atoms with Gasteiger partial charge in [-0.1, -0.05) is 35.9 Å². The maximum Gasteiger partial charge on any atom is 0.416 e. The molecule has 0 bridgehead atoms. The summed E-state index contributed by atoms with van der Waals surface area (Å²) in [4.78, 5) is 12.1. The number of nitrogens with one attached hydrogen (secondary N) is 1. The smallest absolute Gasteiger partial charge is 0.271 e. The second kappa shape index (κ2) is 8.42. The molecule has 1 N–H and O–H groups in total. The molecule has 0 atom stereocenters. The third kappa shape index (κ3) is 6.08. The third-order valence-electron chi connectivity index (χ3n) is 3.59. The maximum atomic E-state index is 12.9. The van der Waals surface area contributed by atoms with Crippen LogP contribution in [0, 0.1) is 6.92 Å². The molecular weight excluding hydrogens is 395 g/mol. The van der Waals surface area contributed by atoms with E-state index < -0.39 is 34.2 Å². The molecule has 150 valence electrons. The molecule has 0 radical (unpaired) electrons. The van der Waals surface area contributed by atoms with Crippen LogP contribution in [0.5, 0.6) is 0 Å². The summed E-state index contributed by atoms with van der Waals surface area (Å²) in [6, 6.07) is 11.0. The van der Waals surface area contributed by atoms with Crippen molar-refractivity contribution < 1.29 is 26.4 Å². The predicted octanol–water partition coefficient (Wildman–Crippen LogP) is 2.93. The molecule has 0 aromatic heterocycles. The molecule has 2 aromatic rings. The summed E-state index contributed by atoms with van der Waals surface area (Å²) in [5.41, 5.74) is 2.59. The van der Waals surface area contributed by atoms with Crippen LogP contribution in [0.25, 0.3) is 0 Å². The number of halogens is 3. The molecule has 0 heterocycles. The number of alkyl halides is 3. The van der Waals surface area contributed by atoms with Crippen LogP contribution >= 0.6 is 0 Å². The second-order valence-electron chi connectivity index (χ2n) is 6.03. The number of sulfonamides is 1. The number of carbonyl (C=O) groups is 1. The second-order valence-corrected chi connectivity index (χ2v) is 7.93. The topological polar surface area (TPSA) is 78.8 Å². The van der Waals surface area contributed by atoms with Crippen LogP contribution in [0.3, 0.4) is 0 Å². The summed E-state index contributed by atoms with van der Waals surface area (Å²) < 4.78 is 63.2. The zero-order chi connectivity index (χ0) is 20.9. The molecule has 0 aliphatic heterocycles. The van der Waals surface area contributed by atoms with Crippen LogP contribution < -0.4 is 9.73 Å². The Morgan fingerprint density at radius 3 is 2.46 bits per heavy atom. The third-order valence-corrected chi connectivity index (χ3v) is 4.73. The number of benzene rings is 2. The fourth-order valence-corrected chi connectivity index (χ4v) is 3.18. The van der Waals surface area contributed by atoms with E-state index >= 15 is 0 Å². The zero-order valence-corrected chi connectivity index (χ0v) is 15.9. The van der Waals surface area contributed by atoms with Gasteiger partial charge in [0.05, 0.1) is 23.7 Å². The summed E-state index contributed by atoms with van der Waals surface area (Å²) in [5.74, 6) is -0.799. The lowest BCUT2D eigenvalue weighted by Crippen LogP contribution is -2.39. The Bertz CT molecular complexity index is 989. The number of hydrazone groups is 1. The van der Waals surface area contributed by atoms with Gasteiger partial charge in [0.2, 0.25) is 10.0 Å².